The van der Waals surface area contributed by atoms with Crippen LogP contribution in [-0.4, -0.2) is 24.7 Å². The Morgan fingerprint density at radius 1 is 1.11 bits per heavy atom. The number of nitrogens with zero attached hydrogens (tertiary/aromatic N) is 4. The molecule has 0 atom stereocenters. The molecule has 0 unspecified atom stereocenters. The topological polar surface area (TPSA) is 88.1 Å². The van der Waals surface area contributed by atoms with E-state index in [2.05, 4.69) is 4.98 Å². The minimum Gasteiger partial charge on any atom is -0.423 e. The Morgan fingerprint density at radius 3 is 2.39 bits per heavy atom. The first kappa shape index (κ1) is 20.4. The van der Waals surface area contributed by atoms with Gasteiger partial charge in [-0.25, -0.2) is 9.78 Å². The van der Waals surface area contributed by atoms with Gasteiger partial charge >= 0.3 is 11.7 Å². The number of halogens is 3. The van der Waals surface area contributed by atoms with Crippen molar-refractivity contribution in [1.82, 2.24) is 18.7 Å². The molecule has 11 heteroatoms. The minimum absolute atomic E-state index is 0.0506. The molecule has 2 heterocycles. The number of hydrogen-bond donors (Lipinski definition) is 0. The SMILES string of the molecule is Cn1c(=O)c2c(ncn2CCCC(=O)Oc2c(Cl)cc(Cl)cc2Cl)n(C)c1=O. The lowest BCUT2D eigenvalue weighted by molar-refractivity contribution is -0.134. The van der Waals surface area contributed by atoms with Gasteiger partial charge in [-0.3, -0.25) is 18.7 Å². The number of benzene rings is 1. The quantitative estimate of drug-likeness (QED) is 0.445. The van der Waals surface area contributed by atoms with Gasteiger partial charge in [0.15, 0.2) is 16.9 Å². The number of ether oxygens (including phenoxy) is 1. The summed E-state index contributed by atoms with van der Waals surface area (Å²) in [5.74, 6) is -0.481. The second kappa shape index (κ2) is 7.98. The van der Waals surface area contributed by atoms with Crippen LogP contribution in [0.5, 0.6) is 5.75 Å². The van der Waals surface area contributed by atoms with Crippen molar-refractivity contribution in [3.05, 3.63) is 54.4 Å². The molecule has 0 aliphatic carbocycles. The molecule has 0 aliphatic heterocycles. The first-order chi connectivity index (χ1) is 13.2. The third-order valence-corrected chi connectivity index (χ3v) is 4.96. The van der Waals surface area contributed by atoms with Crippen LogP contribution in [0.15, 0.2) is 28.0 Å². The molecule has 0 aliphatic rings. The molecule has 1 aromatic carbocycles. The molecule has 0 N–H and O–H groups in total. The summed E-state index contributed by atoms with van der Waals surface area (Å²) in [6.07, 6.45) is 1.89. The van der Waals surface area contributed by atoms with Gasteiger partial charge in [0, 0.05) is 32.1 Å². The highest BCUT2D eigenvalue weighted by molar-refractivity contribution is 6.40. The Morgan fingerprint density at radius 2 is 1.75 bits per heavy atom. The minimum atomic E-state index is -0.532. The van der Waals surface area contributed by atoms with Gasteiger partial charge < -0.3 is 9.30 Å². The Bertz CT molecular complexity index is 1170. The van der Waals surface area contributed by atoms with Crippen LogP contribution in [0.3, 0.4) is 0 Å². The molecule has 0 spiro atoms. The Kier molecular flexibility index (Phi) is 5.83. The maximum Gasteiger partial charge on any atom is 0.332 e. The Labute approximate surface area is 173 Å². The summed E-state index contributed by atoms with van der Waals surface area (Å²) >= 11 is 17.8. The Hall–Kier alpha value is -2.29. The van der Waals surface area contributed by atoms with Gasteiger partial charge in [-0.2, -0.15) is 0 Å². The highest BCUT2D eigenvalue weighted by Gasteiger charge is 2.16. The molecule has 2 aromatic heterocycles. The van der Waals surface area contributed by atoms with Crippen LogP contribution < -0.4 is 16.0 Å². The molecular formula is C17H15Cl3N4O4. The zero-order valence-corrected chi connectivity index (χ0v) is 17.2. The predicted molar refractivity (Wildman–Crippen MR) is 107 cm³/mol. The Balaban J connectivity index is 1.72. The molecule has 0 fully saturated rings. The molecule has 8 nitrogen and oxygen atoms in total. The van der Waals surface area contributed by atoms with Crippen molar-refractivity contribution in [2.24, 2.45) is 14.1 Å². The van der Waals surface area contributed by atoms with Crippen LogP contribution in [0.25, 0.3) is 11.2 Å². The van der Waals surface area contributed by atoms with E-state index in [4.69, 9.17) is 39.5 Å². The smallest absolute Gasteiger partial charge is 0.332 e. The average molecular weight is 446 g/mol. The molecule has 0 saturated heterocycles. The summed E-state index contributed by atoms with van der Waals surface area (Å²) in [5.41, 5.74) is -0.321. The highest BCUT2D eigenvalue weighted by Crippen LogP contribution is 2.36. The predicted octanol–water partition coefficient (Wildman–Crippen LogP) is 2.78. The number of hydrogen-bond acceptors (Lipinski definition) is 5. The van der Waals surface area contributed by atoms with Crippen molar-refractivity contribution in [3.8, 4) is 5.75 Å². The van der Waals surface area contributed by atoms with Gasteiger partial charge in [0.05, 0.1) is 16.4 Å². The molecule has 0 saturated carbocycles. The van der Waals surface area contributed by atoms with E-state index < -0.39 is 17.2 Å². The summed E-state index contributed by atoms with van der Waals surface area (Å²) < 4.78 is 9.13. The number of carbonyl (C=O) groups excluding carboxylic acids is 1. The third kappa shape index (κ3) is 3.80. The number of rotatable bonds is 5. The summed E-state index contributed by atoms with van der Waals surface area (Å²) in [6, 6.07) is 2.85. The van der Waals surface area contributed by atoms with E-state index in [1.807, 2.05) is 0 Å². The molecule has 3 aromatic rings. The molecule has 0 bridgehead atoms. The summed E-state index contributed by atoms with van der Waals surface area (Å²) in [5, 5.41) is 0.601. The van der Waals surface area contributed by atoms with E-state index >= 15 is 0 Å². The van der Waals surface area contributed by atoms with E-state index in [0.717, 1.165) is 4.57 Å². The maximum absolute atomic E-state index is 12.4. The fourth-order valence-electron chi connectivity index (χ4n) is 2.75. The van der Waals surface area contributed by atoms with E-state index in [9.17, 15) is 14.4 Å². The number of aryl methyl sites for hydroxylation is 2. The first-order valence-electron chi connectivity index (χ1n) is 8.16. The van der Waals surface area contributed by atoms with E-state index in [1.54, 1.807) is 11.6 Å². The second-order valence-electron chi connectivity index (χ2n) is 6.09. The van der Waals surface area contributed by atoms with Crippen molar-refractivity contribution in [3.63, 3.8) is 0 Å². The van der Waals surface area contributed by atoms with Gasteiger partial charge in [-0.15, -0.1) is 0 Å². The van der Waals surface area contributed by atoms with Gasteiger partial charge in [0.1, 0.15) is 0 Å². The van der Waals surface area contributed by atoms with Crippen LogP contribution in [0.4, 0.5) is 0 Å². The van der Waals surface area contributed by atoms with E-state index in [1.165, 1.54) is 30.1 Å². The molecule has 0 amide bonds. The highest BCUT2D eigenvalue weighted by atomic mass is 35.5. The average Bonchev–Trinajstić information content (AvgIpc) is 3.05. The largest absolute Gasteiger partial charge is 0.423 e. The van der Waals surface area contributed by atoms with Crippen LogP contribution in [0.2, 0.25) is 15.1 Å². The van der Waals surface area contributed by atoms with Crippen molar-refractivity contribution in [2.75, 3.05) is 0 Å². The van der Waals surface area contributed by atoms with Crippen LogP contribution in [0.1, 0.15) is 12.8 Å². The fraction of sp³-hybridized carbons (Fsp3) is 0.294. The molecule has 0 radical (unpaired) electrons. The fourth-order valence-corrected chi connectivity index (χ4v) is 3.65. The third-order valence-electron chi connectivity index (χ3n) is 4.18. The van der Waals surface area contributed by atoms with Gasteiger partial charge in [0.25, 0.3) is 5.56 Å². The van der Waals surface area contributed by atoms with E-state index in [0.29, 0.717) is 23.5 Å². The summed E-state index contributed by atoms with van der Waals surface area (Å²) in [4.78, 5) is 40.6. The zero-order valence-electron chi connectivity index (χ0n) is 14.9. The summed E-state index contributed by atoms with van der Waals surface area (Å²) in [7, 11) is 2.94. The van der Waals surface area contributed by atoms with Crippen molar-refractivity contribution in [2.45, 2.75) is 19.4 Å². The van der Waals surface area contributed by atoms with Crippen LogP contribution >= 0.6 is 34.8 Å². The number of imidazole rings is 1. The number of fused-ring (bicyclic) bond motifs is 1. The lowest BCUT2D eigenvalue weighted by Gasteiger charge is -2.09. The molecule has 148 valence electrons. The standard InChI is InChI=1S/C17H15Cl3N4O4/c1-22-15-13(16(26)23(2)17(22)27)24(8-21-15)5-3-4-12(25)28-14-10(19)6-9(18)7-11(14)20/h6-8H,3-5H2,1-2H3. The van der Waals surface area contributed by atoms with E-state index in [-0.39, 0.29) is 27.9 Å². The lowest BCUT2D eigenvalue weighted by atomic mass is 10.3. The number of esters is 1. The van der Waals surface area contributed by atoms with Crippen LogP contribution in [-0.2, 0) is 25.4 Å². The zero-order chi connectivity index (χ0) is 20.6. The molecular weight excluding hydrogens is 431 g/mol. The number of aromatic nitrogens is 4. The second-order valence-corrected chi connectivity index (χ2v) is 7.34. The van der Waals surface area contributed by atoms with Crippen molar-refractivity contribution < 1.29 is 9.53 Å². The van der Waals surface area contributed by atoms with Gasteiger partial charge in [0.2, 0.25) is 0 Å². The molecule has 28 heavy (non-hydrogen) atoms. The van der Waals surface area contributed by atoms with Crippen molar-refractivity contribution in [1.29, 1.82) is 0 Å². The first-order valence-corrected chi connectivity index (χ1v) is 9.30. The normalized spacial score (nSPS) is 11.2. The maximum atomic E-state index is 12.4. The van der Waals surface area contributed by atoms with Gasteiger partial charge in [-0.1, -0.05) is 34.8 Å². The molecule has 3 rings (SSSR count). The summed E-state index contributed by atoms with van der Waals surface area (Å²) in [6.45, 7) is 0.334. The number of carbonyl (C=O) groups is 1. The van der Waals surface area contributed by atoms with Crippen LogP contribution in [0, 0.1) is 0 Å². The van der Waals surface area contributed by atoms with Crippen molar-refractivity contribution >= 4 is 51.9 Å². The monoisotopic (exact) mass is 444 g/mol. The van der Waals surface area contributed by atoms with Gasteiger partial charge in [-0.05, 0) is 18.6 Å². The lowest BCUT2D eigenvalue weighted by Crippen LogP contribution is -2.37.